The Morgan fingerprint density at radius 1 is 0.972 bits per heavy atom. The van der Waals surface area contributed by atoms with Crippen molar-refractivity contribution in [3.05, 3.63) is 89.0 Å². The topological polar surface area (TPSA) is 82.8 Å². The molecule has 0 spiro atoms. The molecule has 2 N–H and O–H groups in total. The van der Waals surface area contributed by atoms with E-state index >= 15 is 0 Å². The average molecular weight is 542 g/mol. The molecule has 3 heterocycles. The number of anilines is 1. The van der Waals surface area contributed by atoms with E-state index in [0.29, 0.717) is 30.0 Å². The van der Waals surface area contributed by atoms with Gasteiger partial charge in [-0.05, 0) is 63.8 Å². The number of aromatic hydroxyl groups is 1. The number of hydrogen-bond acceptors (Lipinski definition) is 5. The zero-order valence-corrected chi connectivity index (χ0v) is 21.0. The van der Waals surface area contributed by atoms with Crippen LogP contribution in [0.3, 0.4) is 0 Å². The molecule has 2 aromatic heterocycles. The zero-order valence-electron chi connectivity index (χ0n) is 19.4. The van der Waals surface area contributed by atoms with Crippen LogP contribution in [0.5, 0.6) is 5.75 Å². The van der Waals surface area contributed by atoms with Crippen molar-refractivity contribution in [3.8, 4) is 17.0 Å². The minimum atomic E-state index is 0.0725. The number of para-hydroxylation sites is 1. The lowest BCUT2D eigenvalue weighted by Gasteiger charge is -2.33. The standard InChI is InChI=1S/C28H24BrN5O2/c29-23-17-30-34-26(16-24(32-27(23)34)22-7-3-4-8-25(22)35)31-21-11-13-33(14-12-21)28(36)20-10-9-18-5-1-2-6-19(18)15-20/h1-10,15-17,21,31,35H,11-14H2. The van der Waals surface area contributed by atoms with Crippen LogP contribution in [0.15, 0.2) is 83.5 Å². The molecule has 6 rings (SSSR count). The van der Waals surface area contributed by atoms with E-state index < -0.39 is 0 Å². The molecule has 5 aromatic rings. The smallest absolute Gasteiger partial charge is 0.253 e. The first-order chi connectivity index (χ1) is 17.6. The fourth-order valence-electron chi connectivity index (χ4n) is 4.81. The van der Waals surface area contributed by atoms with Crippen molar-refractivity contribution in [1.29, 1.82) is 0 Å². The van der Waals surface area contributed by atoms with Gasteiger partial charge in [-0.25, -0.2) is 4.98 Å². The largest absolute Gasteiger partial charge is 0.507 e. The molecule has 180 valence electrons. The predicted molar refractivity (Wildman–Crippen MR) is 144 cm³/mol. The molecule has 0 atom stereocenters. The lowest BCUT2D eigenvalue weighted by Crippen LogP contribution is -2.42. The number of hydrogen-bond donors (Lipinski definition) is 2. The number of likely N-dealkylation sites (tertiary alicyclic amines) is 1. The number of fused-ring (bicyclic) bond motifs is 2. The number of rotatable bonds is 4. The van der Waals surface area contributed by atoms with Gasteiger partial charge >= 0.3 is 0 Å². The summed E-state index contributed by atoms with van der Waals surface area (Å²) in [6, 6.07) is 23.2. The number of carbonyl (C=O) groups is 1. The summed E-state index contributed by atoms with van der Waals surface area (Å²) in [5.41, 5.74) is 2.71. The second-order valence-electron chi connectivity index (χ2n) is 9.04. The minimum absolute atomic E-state index is 0.0725. The number of piperidine rings is 1. The highest BCUT2D eigenvalue weighted by atomic mass is 79.9. The number of carbonyl (C=O) groups excluding carboxylic acids is 1. The van der Waals surface area contributed by atoms with Gasteiger partial charge in [0, 0.05) is 36.3 Å². The molecule has 0 bridgehead atoms. The van der Waals surface area contributed by atoms with Crippen molar-refractivity contribution in [2.75, 3.05) is 18.4 Å². The van der Waals surface area contributed by atoms with Gasteiger partial charge < -0.3 is 15.3 Å². The van der Waals surface area contributed by atoms with Gasteiger partial charge in [0.1, 0.15) is 11.6 Å². The molecule has 1 aliphatic heterocycles. The summed E-state index contributed by atoms with van der Waals surface area (Å²) in [5, 5.41) is 20.7. The molecular weight excluding hydrogens is 518 g/mol. The Labute approximate surface area is 216 Å². The summed E-state index contributed by atoms with van der Waals surface area (Å²) in [7, 11) is 0. The maximum absolute atomic E-state index is 13.2. The van der Waals surface area contributed by atoms with E-state index in [1.165, 1.54) is 0 Å². The van der Waals surface area contributed by atoms with Crippen LogP contribution in [0, 0.1) is 0 Å². The fraction of sp³-hybridized carbons (Fsp3) is 0.179. The van der Waals surface area contributed by atoms with Gasteiger partial charge in [-0.3, -0.25) is 4.79 Å². The van der Waals surface area contributed by atoms with E-state index in [1.54, 1.807) is 22.8 Å². The lowest BCUT2D eigenvalue weighted by atomic mass is 10.0. The first kappa shape index (κ1) is 22.5. The number of aromatic nitrogens is 3. The normalized spacial score (nSPS) is 14.4. The van der Waals surface area contributed by atoms with Gasteiger partial charge in [-0.2, -0.15) is 9.61 Å². The molecule has 7 nitrogen and oxygen atoms in total. The van der Waals surface area contributed by atoms with Crippen LogP contribution >= 0.6 is 15.9 Å². The van der Waals surface area contributed by atoms with Crippen LogP contribution in [0.2, 0.25) is 0 Å². The van der Waals surface area contributed by atoms with Gasteiger partial charge in [0.25, 0.3) is 5.91 Å². The molecule has 3 aromatic carbocycles. The second-order valence-corrected chi connectivity index (χ2v) is 9.90. The Bertz CT molecular complexity index is 1590. The van der Waals surface area contributed by atoms with Crippen LogP contribution in [0.1, 0.15) is 23.2 Å². The number of nitrogens with one attached hydrogen (secondary N) is 1. The number of amides is 1. The highest BCUT2D eigenvalue weighted by Crippen LogP contribution is 2.32. The molecule has 1 fully saturated rings. The molecule has 0 radical (unpaired) electrons. The van der Waals surface area contributed by atoms with Gasteiger partial charge in [0.05, 0.1) is 16.4 Å². The molecule has 1 aliphatic rings. The Morgan fingerprint density at radius 3 is 2.53 bits per heavy atom. The number of halogens is 1. The first-order valence-electron chi connectivity index (χ1n) is 11.9. The van der Waals surface area contributed by atoms with E-state index in [0.717, 1.165) is 39.5 Å². The maximum Gasteiger partial charge on any atom is 0.253 e. The third kappa shape index (κ3) is 4.18. The summed E-state index contributed by atoms with van der Waals surface area (Å²) in [4.78, 5) is 19.8. The quantitative estimate of drug-likeness (QED) is 0.303. The number of nitrogens with zero attached hydrogens (tertiary/aromatic N) is 4. The summed E-state index contributed by atoms with van der Waals surface area (Å²) in [6.07, 6.45) is 3.35. The fourth-order valence-corrected chi connectivity index (χ4v) is 5.16. The molecule has 36 heavy (non-hydrogen) atoms. The summed E-state index contributed by atoms with van der Waals surface area (Å²) in [5.74, 6) is 1.04. The van der Waals surface area contributed by atoms with Crippen LogP contribution < -0.4 is 5.32 Å². The lowest BCUT2D eigenvalue weighted by molar-refractivity contribution is 0.0718. The van der Waals surface area contributed by atoms with Crippen molar-refractivity contribution in [3.63, 3.8) is 0 Å². The van der Waals surface area contributed by atoms with E-state index in [-0.39, 0.29) is 17.7 Å². The van der Waals surface area contributed by atoms with Gasteiger partial charge in [-0.1, -0.05) is 42.5 Å². The number of phenols is 1. The Balaban J connectivity index is 1.20. The second kappa shape index (κ2) is 9.28. The monoisotopic (exact) mass is 541 g/mol. The Kier molecular flexibility index (Phi) is 5.81. The zero-order chi connectivity index (χ0) is 24.6. The van der Waals surface area contributed by atoms with Crippen molar-refractivity contribution in [2.45, 2.75) is 18.9 Å². The van der Waals surface area contributed by atoms with Crippen LogP contribution in [-0.4, -0.2) is 49.6 Å². The van der Waals surface area contributed by atoms with Crippen molar-refractivity contribution in [1.82, 2.24) is 19.5 Å². The highest BCUT2D eigenvalue weighted by Gasteiger charge is 2.25. The number of phenolic OH excluding ortho intramolecular Hbond substituents is 1. The van der Waals surface area contributed by atoms with E-state index in [2.05, 4.69) is 32.4 Å². The van der Waals surface area contributed by atoms with Crippen LogP contribution in [-0.2, 0) is 0 Å². The first-order valence-corrected chi connectivity index (χ1v) is 12.7. The molecule has 0 unspecified atom stereocenters. The Hall–Kier alpha value is -3.91. The molecule has 8 heteroatoms. The third-order valence-corrected chi connectivity index (χ3v) is 7.30. The molecule has 0 aliphatic carbocycles. The van der Waals surface area contributed by atoms with Crippen molar-refractivity contribution >= 4 is 44.1 Å². The van der Waals surface area contributed by atoms with E-state index in [4.69, 9.17) is 4.98 Å². The van der Waals surface area contributed by atoms with E-state index in [1.807, 2.05) is 59.5 Å². The summed E-state index contributed by atoms with van der Waals surface area (Å²) < 4.78 is 2.54. The van der Waals surface area contributed by atoms with Gasteiger partial charge in [-0.15, -0.1) is 0 Å². The Morgan fingerprint density at radius 2 is 1.72 bits per heavy atom. The van der Waals surface area contributed by atoms with Crippen LogP contribution in [0.4, 0.5) is 5.82 Å². The minimum Gasteiger partial charge on any atom is -0.507 e. The van der Waals surface area contributed by atoms with Gasteiger partial charge in [0.15, 0.2) is 5.65 Å². The maximum atomic E-state index is 13.2. The molecular formula is C28H24BrN5O2. The average Bonchev–Trinajstić information content (AvgIpc) is 3.29. The van der Waals surface area contributed by atoms with Crippen LogP contribution in [0.25, 0.3) is 27.7 Å². The molecule has 0 saturated carbocycles. The summed E-state index contributed by atoms with van der Waals surface area (Å²) >= 11 is 3.53. The SMILES string of the molecule is O=C(c1ccc2ccccc2c1)N1CCC(Nc2cc(-c3ccccc3O)nc3c(Br)cnn23)CC1. The van der Waals surface area contributed by atoms with Crippen molar-refractivity contribution < 1.29 is 9.90 Å². The van der Waals surface area contributed by atoms with E-state index in [9.17, 15) is 9.90 Å². The number of benzene rings is 3. The molecule has 1 amide bonds. The summed E-state index contributed by atoms with van der Waals surface area (Å²) in [6.45, 7) is 1.35. The third-order valence-electron chi connectivity index (χ3n) is 6.74. The van der Waals surface area contributed by atoms with Crippen molar-refractivity contribution in [2.24, 2.45) is 0 Å². The molecule has 1 saturated heterocycles. The predicted octanol–water partition coefficient (Wildman–Crippen LogP) is 5.73. The van der Waals surface area contributed by atoms with Gasteiger partial charge in [0.2, 0.25) is 0 Å². The highest BCUT2D eigenvalue weighted by molar-refractivity contribution is 9.10.